The molecule has 0 spiro atoms. The molecule has 15 heavy (non-hydrogen) atoms. The highest BCUT2D eigenvalue weighted by atomic mass is 14.9. The highest BCUT2D eigenvalue weighted by Gasteiger charge is 2.38. The fourth-order valence-electron chi connectivity index (χ4n) is 2.92. The van der Waals surface area contributed by atoms with Crippen molar-refractivity contribution in [1.82, 2.24) is 9.97 Å². The van der Waals surface area contributed by atoms with Crippen molar-refractivity contribution in [2.75, 3.05) is 0 Å². The molecule has 0 radical (unpaired) electrons. The zero-order valence-electron chi connectivity index (χ0n) is 9.66. The van der Waals surface area contributed by atoms with E-state index in [9.17, 15) is 0 Å². The first-order chi connectivity index (χ1) is 7.09. The second-order valence-corrected chi connectivity index (χ2v) is 5.39. The van der Waals surface area contributed by atoms with Gasteiger partial charge in [-0.15, -0.1) is 0 Å². The summed E-state index contributed by atoms with van der Waals surface area (Å²) in [4.78, 5) is 7.37. The third kappa shape index (κ3) is 2.23. The van der Waals surface area contributed by atoms with E-state index >= 15 is 0 Å². The Bertz CT molecular complexity index is 303. The van der Waals surface area contributed by atoms with Crippen molar-refractivity contribution >= 4 is 0 Å². The van der Waals surface area contributed by atoms with E-state index in [1.807, 2.05) is 6.20 Å². The van der Waals surface area contributed by atoms with Crippen molar-refractivity contribution in [2.24, 2.45) is 17.1 Å². The summed E-state index contributed by atoms with van der Waals surface area (Å²) in [6, 6.07) is 0.244. The van der Waals surface area contributed by atoms with Crippen molar-refractivity contribution in [3.05, 3.63) is 18.2 Å². The van der Waals surface area contributed by atoms with Gasteiger partial charge in [0.25, 0.3) is 0 Å². The minimum atomic E-state index is 0.244. The maximum absolute atomic E-state index is 6.29. The van der Waals surface area contributed by atoms with Gasteiger partial charge in [0.05, 0.1) is 0 Å². The number of nitrogens with zero attached hydrogens (tertiary/aromatic N) is 1. The first kappa shape index (κ1) is 10.7. The Balaban J connectivity index is 1.99. The molecular weight excluding hydrogens is 186 g/mol. The molecule has 2 atom stereocenters. The molecule has 1 aliphatic rings. The minimum absolute atomic E-state index is 0.244. The van der Waals surface area contributed by atoms with E-state index < -0.39 is 0 Å². The van der Waals surface area contributed by atoms with Crippen LogP contribution < -0.4 is 5.73 Å². The van der Waals surface area contributed by atoms with Gasteiger partial charge < -0.3 is 10.7 Å². The number of aromatic amines is 1. The average Bonchev–Trinajstić information content (AvgIpc) is 2.73. The van der Waals surface area contributed by atoms with Crippen molar-refractivity contribution in [3.63, 3.8) is 0 Å². The molecule has 1 heterocycles. The van der Waals surface area contributed by atoms with Crippen LogP contribution in [0.25, 0.3) is 0 Å². The monoisotopic (exact) mass is 207 g/mol. The fourth-order valence-corrected chi connectivity index (χ4v) is 2.92. The zero-order chi connectivity index (χ0) is 10.9. The zero-order valence-corrected chi connectivity index (χ0v) is 9.66. The number of H-pyrrole nitrogens is 1. The van der Waals surface area contributed by atoms with Crippen molar-refractivity contribution < 1.29 is 0 Å². The lowest BCUT2D eigenvalue weighted by Crippen LogP contribution is -2.38. The molecule has 1 fully saturated rings. The molecule has 0 aromatic carbocycles. The van der Waals surface area contributed by atoms with Crippen LogP contribution in [0.2, 0.25) is 0 Å². The topological polar surface area (TPSA) is 54.7 Å². The van der Waals surface area contributed by atoms with E-state index in [1.54, 1.807) is 6.20 Å². The molecule has 3 nitrogen and oxygen atoms in total. The van der Waals surface area contributed by atoms with Gasteiger partial charge in [-0.1, -0.05) is 20.3 Å². The molecule has 1 aromatic rings. The van der Waals surface area contributed by atoms with Crippen molar-refractivity contribution in [3.8, 4) is 0 Å². The Morgan fingerprint density at radius 2 is 2.47 bits per heavy atom. The van der Waals surface area contributed by atoms with E-state index in [0.29, 0.717) is 11.3 Å². The van der Waals surface area contributed by atoms with E-state index in [1.165, 1.54) is 19.3 Å². The fraction of sp³-hybridized carbons (Fsp3) is 0.750. The van der Waals surface area contributed by atoms with Crippen LogP contribution in [0.5, 0.6) is 0 Å². The van der Waals surface area contributed by atoms with Gasteiger partial charge in [0, 0.05) is 24.9 Å². The Labute approximate surface area is 91.5 Å². The van der Waals surface area contributed by atoms with Crippen LogP contribution in [-0.2, 0) is 6.42 Å². The molecule has 0 amide bonds. The molecule has 2 unspecified atom stereocenters. The standard InChI is InChI=1S/C12H21N3/c1-12(2)5-3-4-9(12)10(13)8-11-14-6-7-15-11/h6-7,9-10H,3-5,8,13H2,1-2H3,(H,14,15). The van der Waals surface area contributed by atoms with Crippen LogP contribution in [0, 0.1) is 11.3 Å². The largest absolute Gasteiger partial charge is 0.349 e. The Kier molecular flexibility index (Phi) is 2.83. The van der Waals surface area contributed by atoms with Crippen LogP contribution in [-0.4, -0.2) is 16.0 Å². The summed E-state index contributed by atoms with van der Waals surface area (Å²) in [6.45, 7) is 4.68. The third-order valence-electron chi connectivity index (χ3n) is 3.84. The van der Waals surface area contributed by atoms with E-state index in [4.69, 9.17) is 5.73 Å². The molecule has 84 valence electrons. The maximum Gasteiger partial charge on any atom is 0.107 e. The van der Waals surface area contributed by atoms with Gasteiger partial charge in [-0.05, 0) is 24.2 Å². The van der Waals surface area contributed by atoms with Gasteiger partial charge in [0.15, 0.2) is 0 Å². The molecule has 2 rings (SSSR count). The second-order valence-electron chi connectivity index (χ2n) is 5.39. The van der Waals surface area contributed by atoms with Gasteiger partial charge in [-0.3, -0.25) is 0 Å². The summed E-state index contributed by atoms with van der Waals surface area (Å²) in [6.07, 6.45) is 8.44. The molecule has 1 aliphatic carbocycles. The van der Waals surface area contributed by atoms with Gasteiger partial charge in [-0.25, -0.2) is 4.98 Å². The summed E-state index contributed by atoms with van der Waals surface area (Å²) in [5.74, 6) is 1.66. The number of hydrogen-bond donors (Lipinski definition) is 2. The van der Waals surface area contributed by atoms with Gasteiger partial charge >= 0.3 is 0 Å². The molecule has 1 aromatic heterocycles. The Morgan fingerprint density at radius 1 is 1.67 bits per heavy atom. The predicted molar refractivity (Wildman–Crippen MR) is 61.4 cm³/mol. The molecular formula is C12H21N3. The van der Waals surface area contributed by atoms with Crippen LogP contribution in [0.4, 0.5) is 0 Å². The predicted octanol–water partition coefficient (Wildman–Crippen LogP) is 2.11. The van der Waals surface area contributed by atoms with E-state index in [0.717, 1.165) is 12.2 Å². The summed E-state index contributed by atoms with van der Waals surface area (Å²) >= 11 is 0. The minimum Gasteiger partial charge on any atom is -0.349 e. The lowest BCUT2D eigenvalue weighted by atomic mass is 9.77. The number of hydrogen-bond acceptors (Lipinski definition) is 2. The summed E-state index contributed by atoms with van der Waals surface area (Å²) in [7, 11) is 0. The number of aromatic nitrogens is 2. The molecule has 0 saturated heterocycles. The number of nitrogens with two attached hydrogens (primary N) is 1. The van der Waals surface area contributed by atoms with Gasteiger partial charge in [-0.2, -0.15) is 0 Å². The lowest BCUT2D eigenvalue weighted by molar-refractivity contribution is 0.219. The smallest absolute Gasteiger partial charge is 0.107 e. The van der Waals surface area contributed by atoms with Crippen molar-refractivity contribution in [1.29, 1.82) is 0 Å². The van der Waals surface area contributed by atoms with Crippen LogP contribution >= 0.6 is 0 Å². The second kappa shape index (κ2) is 3.97. The lowest BCUT2D eigenvalue weighted by Gasteiger charge is -2.31. The highest BCUT2D eigenvalue weighted by molar-refractivity contribution is 4.97. The maximum atomic E-state index is 6.29. The molecule has 0 bridgehead atoms. The number of rotatable bonds is 3. The molecule has 1 saturated carbocycles. The van der Waals surface area contributed by atoms with Gasteiger partial charge in [0.2, 0.25) is 0 Å². The Hall–Kier alpha value is -0.830. The van der Waals surface area contributed by atoms with Crippen LogP contribution in [0.15, 0.2) is 12.4 Å². The molecule has 3 heteroatoms. The molecule has 0 aliphatic heterocycles. The quantitative estimate of drug-likeness (QED) is 0.797. The SMILES string of the molecule is CC1(C)CCCC1C(N)Cc1ncc[nH]1. The van der Waals surface area contributed by atoms with Crippen molar-refractivity contribution in [2.45, 2.75) is 45.6 Å². The van der Waals surface area contributed by atoms with E-state index in [-0.39, 0.29) is 6.04 Å². The molecule has 3 N–H and O–H groups in total. The summed E-state index contributed by atoms with van der Waals surface area (Å²) in [5.41, 5.74) is 6.69. The third-order valence-corrected chi connectivity index (χ3v) is 3.84. The van der Waals surface area contributed by atoms with Gasteiger partial charge in [0.1, 0.15) is 5.82 Å². The highest BCUT2D eigenvalue weighted by Crippen LogP contribution is 2.44. The first-order valence-corrected chi connectivity index (χ1v) is 5.83. The number of imidazole rings is 1. The summed E-state index contributed by atoms with van der Waals surface area (Å²) < 4.78 is 0. The van der Waals surface area contributed by atoms with Crippen LogP contribution in [0.1, 0.15) is 38.9 Å². The number of nitrogens with one attached hydrogen (secondary N) is 1. The Morgan fingerprint density at radius 3 is 3.00 bits per heavy atom. The normalized spacial score (nSPS) is 26.7. The van der Waals surface area contributed by atoms with Crippen LogP contribution in [0.3, 0.4) is 0 Å². The van der Waals surface area contributed by atoms with E-state index in [2.05, 4.69) is 23.8 Å². The average molecular weight is 207 g/mol. The first-order valence-electron chi connectivity index (χ1n) is 5.83. The summed E-state index contributed by atoms with van der Waals surface area (Å²) in [5, 5.41) is 0.